The smallest absolute Gasteiger partial charge is 0.255 e. The molecule has 0 aliphatic carbocycles. The number of hydrogen-bond acceptors (Lipinski definition) is 5. The Hall–Kier alpha value is -2.51. The van der Waals surface area contributed by atoms with Gasteiger partial charge >= 0.3 is 0 Å². The summed E-state index contributed by atoms with van der Waals surface area (Å²) in [7, 11) is 0. The first-order valence-corrected chi connectivity index (χ1v) is 9.16. The van der Waals surface area contributed by atoms with Crippen molar-refractivity contribution in [2.24, 2.45) is 0 Å². The third-order valence-corrected chi connectivity index (χ3v) is 5.05. The molecule has 4 rings (SSSR count). The van der Waals surface area contributed by atoms with E-state index in [4.69, 9.17) is 9.47 Å². The van der Waals surface area contributed by atoms with E-state index in [0.29, 0.717) is 62.6 Å². The van der Waals surface area contributed by atoms with Crippen molar-refractivity contribution < 1.29 is 18.7 Å². The zero-order chi connectivity index (χ0) is 18.7. The third kappa shape index (κ3) is 3.94. The summed E-state index contributed by atoms with van der Waals surface area (Å²) in [6, 6.07) is 10.1. The lowest BCUT2D eigenvalue weighted by Crippen LogP contribution is -2.47. The van der Waals surface area contributed by atoms with E-state index in [0.717, 1.165) is 0 Å². The molecule has 27 heavy (non-hydrogen) atoms. The summed E-state index contributed by atoms with van der Waals surface area (Å²) >= 11 is 0. The lowest BCUT2D eigenvalue weighted by Gasteiger charge is -2.37. The molecule has 1 amide bonds. The zero-order valence-corrected chi connectivity index (χ0v) is 15.0. The standard InChI is InChI=1S/C20H22FN3O3/c21-17-4-2-1-3-15(17)13-22-18-6-5-16(14-23-18)19(25)24-9-7-20(8-10-24)26-11-12-27-20/h1-6,14H,7-13H2,(H,22,23). The molecule has 0 saturated carbocycles. The van der Waals surface area contributed by atoms with Crippen LogP contribution < -0.4 is 5.32 Å². The number of likely N-dealkylation sites (tertiary alicyclic amines) is 1. The second kappa shape index (κ2) is 7.62. The molecule has 1 spiro atoms. The van der Waals surface area contributed by atoms with Crippen LogP contribution in [-0.4, -0.2) is 47.9 Å². The molecule has 0 bridgehead atoms. The Morgan fingerprint density at radius 2 is 1.89 bits per heavy atom. The second-order valence-corrected chi connectivity index (χ2v) is 6.78. The van der Waals surface area contributed by atoms with Gasteiger partial charge in [-0.05, 0) is 18.2 Å². The van der Waals surface area contributed by atoms with Gasteiger partial charge in [-0.3, -0.25) is 4.79 Å². The largest absolute Gasteiger partial charge is 0.366 e. The summed E-state index contributed by atoms with van der Waals surface area (Å²) < 4.78 is 25.0. The predicted molar refractivity (Wildman–Crippen MR) is 97.7 cm³/mol. The minimum Gasteiger partial charge on any atom is -0.366 e. The molecule has 1 aromatic heterocycles. The summed E-state index contributed by atoms with van der Waals surface area (Å²) in [4.78, 5) is 18.8. The van der Waals surface area contributed by atoms with E-state index < -0.39 is 5.79 Å². The fourth-order valence-corrected chi connectivity index (χ4v) is 3.47. The summed E-state index contributed by atoms with van der Waals surface area (Å²) in [5.74, 6) is -0.193. The molecule has 6 nitrogen and oxygen atoms in total. The van der Waals surface area contributed by atoms with Gasteiger partial charge in [-0.25, -0.2) is 9.37 Å². The predicted octanol–water partition coefficient (Wildman–Crippen LogP) is 2.81. The van der Waals surface area contributed by atoms with E-state index in [-0.39, 0.29) is 11.7 Å². The topological polar surface area (TPSA) is 63.7 Å². The minimum atomic E-state index is -0.491. The average molecular weight is 371 g/mol. The molecule has 3 heterocycles. The highest BCUT2D eigenvalue weighted by molar-refractivity contribution is 5.94. The summed E-state index contributed by atoms with van der Waals surface area (Å²) in [5.41, 5.74) is 1.11. The number of rotatable bonds is 4. The number of halogens is 1. The number of nitrogens with one attached hydrogen (secondary N) is 1. The first-order chi connectivity index (χ1) is 13.2. The molecule has 2 fully saturated rings. The van der Waals surface area contributed by atoms with Crippen molar-refractivity contribution in [2.45, 2.75) is 25.2 Å². The Morgan fingerprint density at radius 1 is 1.15 bits per heavy atom. The molecule has 2 aliphatic heterocycles. The van der Waals surface area contributed by atoms with Crippen molar-refractivity contribution >= 4 is 11.7 Å². The molecule has 0 atom stereocenters. The van der Waals surface area contributed by atoms with Crippen LogP contribution in [0.4, 0.5) is 10.2 Å². The number of amides is 1. The van der Waals surface area contributed by atoms with Crippen LogP contribution in [0.3, 0.4) is 0 Å². The Balaban J connectivity index is 1.33. The third-order valence-electron chi connectivity index (χ3n) is 5.05. The number of piperidine rings is 1. The molecule has 0 radical (unpaired) electrons. The van der Waals surface area contributed by atoms with Gasteiger partial charge in [-0.15, -0.1) is 0 Å². The number of benzene rings is 1. The molecule has 1 aromatic carbocycles. The van der Waals surface area contributed by atoms with Crippen LogP contribution in [0.2, 0.25) is 0 Å². The van der Waals surface area contributed by atoms with Crippen LogP contribution in [0.25, 0.3) is 0 Å². The maximum atomic E-state index is 13.6. The van der Waals surface area contributed by atoms with E-state index in [1.165, 1.54) is 6.07 Å². The van der Waals surface area contributed by atoms with Gasteiger partial charge in [0.15, 0.2) is 5.79 Å². The van der Waals surface area contributed by atoms with Gasteiger partial charge in [-0.1, -0.05) is 18.2 Å². The first kappa shape index (κ1) is 17.9. The van der Waals surface area contributed by atoms with Crippen molar-refractivity contribution in [2.75, 3.05) is 31.6 Å². The summed E-state index contributed by atoms with van der Waals surface area (Å²) in [5, 5.41) is 3.07. The number of hydrogen-bond donors (Lipinski definition) is 1. The van der Waals surface area contributed by atoms with E-state index in [1.807, 2.05) is 0 Å². The minimum absolute atomic E-state index is 0.0454. The number of pyridine rings is 1. The van der Waals surface area contributed by atoms with E-state index in [2.05, 4.69) is 10.3 Å². The van der Waals surface area contributed by atoms with E-state index in [1.54, 1.807) is 41.4 Å². The quantitative estimate of drug-likeness (QED) is 0.895. The maximum Gasteiger partial charge on any atom is 0.255 e. The van der Waals surface area contributed by atoms with Crippen LogP contribution in [0.5, 0.6) is 0 Å². The van der Waals surface area contributed by atoms with E-state index >= 15 is 0 Å². The van der Waals surface area contributed by atoms with Crippen molar-refractivity contribution in [3.05, 3.63) is 59.5 Å². The lowest BCUT2D eigenvalue weighted by atomic mass is 10.0. The van der Waals surface area contributed by atoms with Gasteiger partial charge in [0.25, 0.3) is 5.91 Å². The molecule has 1 N–H and O–H groups in total. The van der Waals surface area contributed by atoms with Crippen molar-refractivity contribution in [3.63, 3.8) is 0 Å². The number of aromatic nitrogens is 1. The molecule has 2 aliphatic rings. The number of ether oxygens (including phenoxy) is 2. The molecule has 142 valence electrons. The number of carbonyl (C=O) groups excluding carboxylic acids is 1. The maximum absolute atomic E-state index is 13.6. The normalized spacial score (nSPS) is 18.6. The molecule has 2 aromatic rings. The average Bonchev–Trinajstić information content (AvgIpc) is 3.16. The van der Waals surface area contributed by atoms with Crippen LogP contribution >= 0.6 is 0 Å². The Labute approximate surface area is 157 Å². The van der Waals surface area contributed by atoms with Crippen LogP contribution in [0.15, 0.2) is 42.6 Å². The molecular weight excluding hydrogens is 349 g/mol. The number of nitrogens with zero attached hydrogens (tertiary/aromatic N) is 2. The highest BCUT2D eigenvalue weighted by Crippen LogP contribution is 2.31. The van der Waals surface area contributed by atoms with Crippen LogP contribution in [0.1, 0.15) is 28.8 Å². The van der Waals surface area contributed by atoms with Crippen LogP contribution in [0, 0.1) is 5.82 Å². The van der Waals surface area contributed by atoms with Gasteiger partial charge in [0.1, 0.15) is 11.6 Å². The molecule has 2 saturated heterocycles. The monoisotopic (exact) mass is 371 g/mol. The van der Waals surface area contributed by atoms with Gasteiger partial charge in [0.2, 0.25) is 0 Å². The lowest BCUT2D eigenvalue weighted by molar-refractivity contribution is -0.181. The first-order valence-electron chi connectivity index (χ1n) is 9.16. The Bertz CT molecular complexity index is 796. The summed E-state index contributed by atoms with van der Waals surface area (Å²) in [6.45, 7) is 2.79. The summed E-state index contributed by atoms with van der Waals surface area (Å²) in [6.07, 6.45) is 2.93. The number of carbonyl (C=O) groups is 1. The van der Waals surface area contributed by atoms with Crippen molar-refractivity contribution in [3.8, 4) is 0 Å². The second-order valence-electron chi connectivity index (χ2n) is 6.78. The van der Waals surface area contributed by atoms with Crippen LogP contribution in [-0.2, 0) is 16.0 Å². The molecular formula is C20H22FN3O3. The van der Waals surface area contributed by atoms with Gasteiger partial charge in [0, 0.05) is 44.2 Å². The highest BCUT2D eigenvalue weighted by atomic mass is 19.1. The SMILES string of the molecule is O=C(c1ccc(NCc2ccccc2F)nc1)N1CCC2(CC1)OCCO2. The van der Waals surface area contributed by atoms with Gasteiger partial charge in [-0.2, -0.15) is 0 Å². The molecule has 7 heteroatoms. The van der Waals surface area contributed by atoms with Gasteiger partial charge < -0.3 is 19.7 Å². The molecule has 0 unspecified atom stereocenters. The highest BCUT2D eigenvalue weighted by Gasteiger charge is 2.40. The fourth-order valence-electron chi connectivity index (χ4n) is 3.47. The van der Waals surface area contributed by atoms with Crippen molar-refractivity contribution in [1.82, 2.24) is 9.88 Å². The van der Waals surface area contributed by atoms with E-state index in [9.17, 15) is 9.18 Å². The number of anilines is 1. The Morgan fingerprint density at radius 3 is 2.56 bits per heavy atom. The van der Waals surface area contributed by atoms with Gasteiger partial charge in [0.05, 0.1) is 18.8 Å². The zero-order valence-electron chi connectivity index (χ0n) is 15.0. The van der Waals surface area contributed by atoms with Crippen molar-refractivity contribution in [1.29, 1.82) is 0 Å². The Kier molecular flexibility index (Phi) is 5.05. The fraction of sp³-hybridized carbons (Fsp3) is 0.400.